The minimum absolute atomic E-state index is 0.0196. The lowest BCUT2D eigenvalue weighted by molar-refractivity contribution is -0.119. The van der Waals surface area contributed by atoms with Crippen LogP contribution in [0.5, 0.6) is 0 Å². The summed E-state index contributed by atoms with van der Waals surface area (Å²) in [5.41, 5.74) is 2.18. The molecule has 4 aromatic rings. The predicted octanol–water partition coefficient (Wildman–Crippen LogP) is 3.08. The second-order valence-corrected chi connectivity index (χ2v) is 8.61. The van der Waals surface area contributed by atoms with E-state index in [1.807, 2.05) is 42.5 Å². The van der Waals surface area contributed by atoms with Crippen molar-refractivity contribution in [2.45, 2.75) is 6.54 Å². The first-order valence-corrected chi connectivity index (χ1v) is 12.0. The van der Waals surface area contributed by atoms with Gasteiger partial charge in [0, 0.05) is 29.9 Å². The van der Waals surface area contributed by atoms with Gasteiger partial charge in [-0.05, 0) is 35.9 Å². The van der Waals surface area contributed by atoms with Crippen molar-refractivity contribution in [1.82, 2.24) is 9.78 Å². The highest BCUT2D eigenvalue weighted by Gasteiger charge is 2.19. The number of rotatable bonds is 7. The number of carbonyl (C=O) groups excluding carboxylic acids is 2. The second kappa shape index (κ2) is 11.0. The lowest BCUT2D eigenvalue weighted by Crippen LogP contribution is -2.36. The molecule has 1 aliphatic rings. The van der Waals surface area contributed by atoms with Crippen molar-refractivity contribution >= 4 is 34.0 Å². The summed E-state index contributed by atoms with van der Waals surface area (Å²) in [4.78, 5) is 40.6. The topological polar surface area (TPSA) is 103 Å². The third-order valence-corrected chi connectivity index (χ3v) is 6.10. The number of carbonyl (C=O) groups is 2. The SMILES string of the molecule is O=C(COC(=O)c1nn(Cc2ccccc2)c(=O)c2ccccc12)Nc1ccc(N2CCOCC2)cc1. The zero-order valence-electron chi connectivity index (χ0n) is 20.1. The smallest absolute Gasteiger partial charge is 0.359 e. The number of aromatic nitrogens is 2. The molecule has 1 aliphatic heterocycles. The predicted molar refractivity (Wildman–Crippen MR) is 140 cm³/mol. The molecule has 3 aromatic carbocycles. The average molecular weight is 499 g/mol. The van der Waals surface area contributed by atoms with Crippen LogP contribution in [-0.4, -0.2) is 54.6 Å². The first kappa shape index (κ1) is 24.2. The van der Waals surface area contributed by atoms with Crippen LogP contribution in [0, 0.1) is 0 Å². The van der Waals surface area contributed by atoms with Crippen LogP contribution >= 0.6 is 0 Å². The zero-order chi connectivity index (χ0) is 25.6. The summed E-state index contributed by atoms with van der Waals surface area (Å²) in [6.45, 7) is 2.74. The third-order valence-electron chi connectivity index (χ3n) is 6.10. The maximum atomic E-state index is 13.0. The number of anilines is 2. The Labute approximate surface area is 213 Å². The number of esters is 1. The van der Waals surface area contributed by atoms with Crippen molar-refractivity contribution in [3.63, 3.8) is 0 Å². The molecule has 0 spiro atoms. The van der Waals surface area contributed by atoms with E-state index in [2.05, 4.69) is 15.3 Å². The Kier molecular flexibility index (Phi) is 7.23. The van der Waals surface area contributed by atoms with Crippen molar-refractivity contribution in [3.05, 3.63) is 100 Å². The molecule has 0 bridgehead atoms. The van der Waals surface area contributed by atoms with Crippen LogP contribution in [0.25, 0.3) is 10.8 Å². The molecular weight excluding hydrogens is 472 g/mol. The molecule has 0 aliphatic carbocycles. The number of ether oxygens (including phenoxy) is 2. The fraction of sp³-hybridized carbons (Fsp3) is 0.214. The van der Waals surface area contributed by atoms with E-state index in [1.165, 1.54) is 4.68 Å². The van der Waals surface area contributed by atoms with Crippen LogP contribution in [0.15, 0.2) is 83.7 Å². The Hall–Kier alpha value is -4.50. The first-order valence-electron chi connectivity index (χ1n) is 12.0. The van der Waals surface area contributed by atoms with Crippen LogP contribution in [0.1, 0.15) is 16.1 Å². The minimum atomic E-state index is -0.782. The van der Waals surface area contributed by atoms with Gasteiger partial charge in [0.15, 0.2) is 12.3 Å². The quantitative estimate of drug-likeness (QED) is 0.391. The van der Waals surface area contributed by atoms with Gasteiger partial charge in [0.05, 0.1) is 25.1 Å². The van der Waals surface area contributed by atoms with Gasteiger partial charge in [0.25, 0.3) is 11.5 Å². The molecule has 2 heterocycles. The van der Waals surface area contributed by atoms with Crippen LogP contribution in [0.2, 0.25) is 0 Å². The summed E-state index contributed by atoms with van der Waals surface area (Å²) in [6.07, 6.45) is 0. The van der Waals surface area contributed by atoms with Gasteiger partial charge in [-0.3, -0.25) is 9.59 Å². The molecule has 0 unspecified atom stereocenters. The normalized spacial score (nSPS) is 13.4. The summed E-state index contributed by atoms with van der Waals surface area (Å²) in [6, 6.07) is 23.6. The molecule has 9 nitrogen and oxygen atoms in total. The van der Waals surface area contributed by atoms with Crippen molar-refractivity contribution in [1.29, 1.82) is 0 Å². The molecule has 5 rings (SSSR count). The van der Waals surface area contributed by atoms with Gasteiger partial charge in [-0.25, -0.2) is 9.48 Å². The Bertz CT molecular complexity index is 1460. The Morgan fingerprint density at radius 3 is 2.30 bits per heavy atom. The number of amides is 1. The standard InChI is InChI=1S/C28H26N4O5/c33-25(29-21-10-12-22(13-11-21)31-14-16-36-17-15-31)19-37-28(35)26-23-8-4-5-9-24(23)27(34)32(30-26)18-20-6-2-1-3-7-20/h1-13H,14-19H2,(H,29,33). The largest absolute Gasteiger partial charge is 0.451 e. The van der Waals surface area contributed by atoms with E-state index in [1.54, 1.807) is 36.4 Å². The van der Waals surface area contributed by atoms with E-state index in [-0.39, 0.29) is 17.8 Å². The van der Waals surface area contributed by atoms with Gasteiger partial charge in [-0.2, -0.15) is 5.10 Å². The summed E-state index contributed by atoms with van der Waals surface area (Å²) in [5, 5.41) is 7.76. The first-order chi connectivity index (χ1) is 18.1. The average Bonchev–Trinajstić information content (AvgIpc) is 2.95. The van der Waals surface area contributed by atoms with Crippen LogP contribution in [-0.2, 0) is 20.8 Å². The summed E-state index contributed by atoms with van der Waals surface area (Å²) in [7, 11) is 0. The number of hydrogen-bond acceptors (Lipinski definition) is 7. The van der Waals surface area contributed by atoms with Gasteiger partial charge in [0.1, 0.15) is 0 Å². The van der Waals surface area contributed by atoms with Crippen LogP contribution in [0.3, 0.4) is 0 Å². The van der Waals surface area contributed by atoms with Crippen LogP contribution < -0.4 is 15.8 Å². The molecule has 188 valence electrons. The van der Waals surface area contributed by atoms with Crippen LogP contribution in [0.4, 0.5) is 11.4 Å². The lowest BCUT2D eigenvalue weighted by atomic mass is 10.1. The van der Waals surface area contributed by atoms with E-state index in [0.717, 1.165) is 24.3 Å². The second-order valence-electron chi connectivity index (χ2n) is 8.61. The highest BCUT2D eigenvalue weighted by molar-refractivity contribution is 6.03. The lowest BCUT2D eigenvalue weighted by Gasteiger charge is -2.28. The highest BCUT2D eigenvalue weighted by Crippen LogP contribution is 2.19. The highest BCUT2D eigenvalue weighted by atomic mass is 16.5. The van der Waals surface area contributed by atoms with E-state index in [9.17, 15) is 14.4 Å². The van der Waals surface area contributed by atoms with Crippen molar-refractivity contribution in [2.24, 2.45) is 0 Å². The molecule has 9 heteroatoms. The molecule has 1 saturated heterocycles. The minimum Gasteiger partial charge on any atom is -0.451 e. The molecule has 1 aromatic heterocycles. The number of hydrogen-bond donors (Lipinski definition) is 1. The van der Waals surface area contributed by atoms with Gasteiger partial charge < -0.3 is 19.7 Å². The number of fused-ring (bicyclic) bond motifs is 1. The van der Waals surface area contributed by atoms with Gasteiger partial charge in [-0.15, -0.1) is 0 Å². The Morgan fingerprint density at radius 1 is 0.892 bits per heavy atom. The summed E-state index contributed by atoms with van der Waals surface area (Å²) >= 11 is 0. The number of nitrogens with zero attached hydrogens (tertiary/aromatic N) is 3. The number of morpholine rings is 1. The van der Waals surface area contributed by atoms with Gasteiger partial charge >= 0.3 is 5.97 Å². The van der Waals surface area contributed by atoms with E-state index in [0.29, 0.717) is 29.7 Å². The fourth-order valence-corrected chi connectivity index (χ4v) is 4.22. The molecule has 0 saturated carbocycles. The molecule has 37 heavy (non-hydrogen) atoms. The monoisotopic (exact) mass is 498 g/mol. The van der Waals surface area contributed by atoms with Crippen molar-refractivity contribution < 1.29 is 19.1 Å². The number of nitrogens with one attached hydrogen (secondary N) is 1. The molecule has 0 radical (unpaired) electrons. The molecule has 1 fully saturated rings. The van der Waals surface area contributed by atoms with E-state index >= 15 is 0 Å². The molecule has 1 N–H and O–H groups in total. The third kappa shape index (κ3) is 5.68. The zero-order valence-corrected chi connectivity index (χ0v) is 20.1. The fourth-order valence-electron chi connectivity index (χ4n) is 4.22. The molecule has 1 amide bonds. The Balaban J connectivity index is 1.27. The summed E-state index contributed by atoms with van der Waals surface area (Å²) in [5.74, 6) is -1.26. The number of benzene rings is 3. The molecular formula is C28H26N4O5. The maximum Gasteiger partial charge on any atom is 0.359 e. The van der Waals surface area contributed by atoms with E-state index < -0.39 is 18.5 Å². The Morgan fingerprint density at radius 2 is 1.57 bits per heavy atom. The van der Waals surface area contributed by atoms with E-state index in [4.69, 9.17) is 9.47 Å². The van der Waals surface area contributed by atoms with Gasteiger partial charge in [-0.1, -0.05) is 48.5 Å². The van der Waals surface area contributed by atoms with Crippen molar-refractivity contribution in [3.8, 4) is 0 Å². The summed E-state index contributed by atoms with van der Waals surface area (Å²) < 4.78 is 11.9. The molecule has 0 atom stereocenters. The maximum absolute atomic E-state index is 13.0. The van der Waals surface area contributed by atoms with Crippen molar-refractivity contribution in [2.75, 3.05) is 43.1 Å². The van der Waals surface area contributed by atoms with Gasteiger partial charge in [0.2, 0.25) is 0 Å².